The monoisotopic (exact) mass is 358 g/mol. The summed E-state index contributed by atoms with van der Waals surface area (Å²) in [5.41, 5.74) is 1.43. The van der Waals surface area contributed by atoms with Crippen LogP contribution < -0.4 is 10.6 Å². The van der Waals surface area contributed by atoms with Crippen LogP contribution in [0.15, 0.2) is 36.5 Å². The number of amides is 2. The molecule has 3 N–H and O–H groups in total. The van der Waals surface area contributed by atoms with Gasteiger partial charge in [-0.3, -0.25) is 5.32 Å². The first-order valence-corrected chi connectivity index (χ1v) is 8.91. The number of aliphatic hydroxyl groups is 1. The molecule has 1 unspecified atom stereocenters. The number of carbonyl (C=O) groups is 1. The van der Waals surface area contributed by atoms with Crippen LogP contribution >= 0.6 is 0 Å². The van der Waals surface area contributed by atoms with E-state index < -0.39 is 5.60 Å². The minimum absolute atomic E-state index is 0.156. The van der Waals surface area contributed by atoms with Crippen LogP contribution in [0.4, 0.5) is 10.6 Å². The predicted molar refractivity (Wildman–Crippen MR) is 99.3 cm³/mol. The van der Waals surface area contributed by atoms with Gasteiger partial charge in [-0.25, -0.2) is 9.48 Å². The van der Waals surface area contributed by atoms with Crippen LogP contribution in [0.3, 0.4) is 0 Å². The predicted octanol–water partition coefficient (Wildman–Crippen LogP) is 2.33. The molecule has 1 aliphatic rings. The lowest BCUT2D eigenvalue weighted by molar-refractivity contribution is 0.0295. The first kappa shape index (κ1) is 18.4. The van der Waals surface area contributed by atoms with E-state index in [4.69, 9.17) is 4.74 Å². The van der Waals surface area contributed by atoms with Crippen molar-refractivity contribution in [1.29, 1.82) is 0 Å². The summed E-state index contributed by atoms with van der Waals surface area (Å²) >= 11 is 0. The molecule has 1 aromatic heterocycles. The average molecular weight is 358 g/mol. The lowest BCUT2D eigenvalue weighted by atomic mass is 10.0. The Morgan fingerprint density at radius 3 is 2.77 bits per heavy atom. The fourth-order valence-electron chi connectivity index (χ4n) is 2.89. The number of ether oxygens (including phenoxy) is 1. The summed E-state index contributed by atoms with van der Waals surface area (Å²) in [7, 11) is 0. The normalized spacial score (nSPS) is 19.7. The number of aromatic nitrogens is 2. The number of rotatable bonds is 6. The zero-order valence-electron chi connectivity index (χ0n) is 15.2. The lowest BCUT2D eigenvalue weighted by Crippen LogP contribution is -2.44. The van der Waals surface area contributed by atoms with E-state index in [1.807, 2.05) is 0 Å². The molecule has 1 aromatic carbocycles. The highest BCUT2D eigenvalue weighted by Gasteiger charge is 2.32. The molecule has 140 valence electrons. The molecule has 7 nitrogen and oxygen atoms in total. The number of nitrogens with zero attached hydrogens (tertiary/aromatic N) is 2. The molecular weight excluding hydrogens is 332 g/mol. The van der Waals surface area contributed by atoms with E-state index in [2.05, 4.69) is 53.8 Å². The summed E-state index contributed by atoms with van der Waals surface area (Å²) in [4.78, 5) is 12.1. The largest absolute Gasteiger partial charge is 0.386 e. The Balaban J connectivity index is 1.56. The summed E-state index contributed by atoms with van der Waals surface area (Å²) in [6, 6.07) is 9.77. The van der Waals surface area contributed by atoms with E-state index >= 15 is 0 Å². The van der Waals surface area contributed by atoms with Crippen LogP contribution in [0.25, 0.3) is 0 Å². The van der Waals surface area contributed by atoms with E-state index in [9.17, 15) is 9.90 Å². The molecule has 0 radical (unpaired) electrons. The summed E-state index contributed by atoms with van der Waals surface area (Å²) in [5, 5.41) is 19.9. The van der Waals surface area contributed by atoms with Crippen molar-refractivity contribution in [2.24, 2.45) is 0 Å². The van der Waals surface area contributed by atoms with E-state index in [-0.39, 0.29) is 19.2 Å². The van der Waals surface area contributed by atoms with Gasteiger partial charge >= 0.3 is 6.03 Å². The van der Waals surface area contributed by atoms with Gasteiger partial charge in [0.2, 0.25) is 0 Å². The van der Waals surface area contributed by atoms with Gasteiger partial charge in [-0.15, -0.1) is 0 Å². The molecule has 2 aromatic rings. The Kier molecular flexibility index (Phi) is 5.58. The van der Waals surface area contributed by atoms with Crippen molar-refractivity contribution in [3.05, 3.63) is 47.7 Å². The van der Waals surface area contributed by atoms with Gasteiger partial charge in [-0.1, -0.05) is 38.1 Å². The Morgan fingerprint density at radius 1 is 1.35 bits per heavy atom. The van der Waals surface area contributed by atoms with Crippen LogP contribution in [0.1, 0.15) is 37.3 Å². The van der Waals surface area contributed by atoms with Gasteiger partial charge in [0.1, 0.15) is 11.4 Å². The number of anilines is 1. The Bertz CT molecular complexity index is 733. The smallest absolute Gasteiger partial charge is 0.320 e. The summed E-state index contributed by atoms with van der Waals surface area (Å²) in [6.07, 6.45) is 2.17. The second kappa shape index (κ2) is 7.88. The maximum Gasteiger partial charge on any atom is 0.320 e. The van der Waals surface area contributed by atoms with Gasteiger partial charge in [0.15, 0.2) is 0 Å². The molecule has 1 aliphatic heterocycles. The SMILES string of the molecule is CC(C)c1ccc(Cn2nccc2NC(=O)NCC2(O)CCOC2)cc1. The molecule has 7 heteroatoms. The Morgan fingerprint density at radius 2 is 2.12 bits per heavy atom. The highest BCUT2D eigenvalue weighted by molar-refractivity contribution is 5.88. The molecule has 0 bridgehead atoms. The standard InChI is InChI=1S/C19H26N4O3/c1-14(2)16-5-3-15(4-6-16)11-23-17(7-9-21-23)22-18(24)20-12-19(25)8-10-26-13-19/h3-7,9,14,25H,8,10-13H2,1-2H3,(H2,20,22,24). The summed E-state index contributed by atoms with van der Waals surface area (Å²) in [5.74, 6) is 1.10. The number of hydrogen-bond acceptors (Lipinski definition) is 4. The second-order valence-corrected chi connectivity index (χ2v) is 7.10. The number of urea groups is 1. The van der Waals surface area contributed by atoms with Crippen LogP contribution in [0, 0.1) is 0 Å². The molecule has 3 rings (SSSR count). The molecule has 1 saturated heterocycles. The van der Waals surface area contributed by atoms with Crippen molar-refractivity contribution in [3.63, 3.8) is 0 Å². The first-order chi connectivity index (χ1) is 12.5. The summed E-state index contributed by atoms with van der Waals surface area (Å²) in [6.45, 7) is 5.82. The highest BCUT2D eigenvalue weighted by Crippen LogP contribution is 2.18. The Labute approximate surface area is 153 Å². The third kappa shape index (κ3) is 4.62. The average Bonchev–Trinajstić information content (AvgIpc) is 3.24. The molecular formula is C19H26N4O3. The molecule has 1 atom stereocenters. The van der Waals surface area contributed by atoms with Crippen molar-refractivity contribution in [2.45, 2.75) is 38.3 Å². The number of hydrogen-bond donors (Lipinski definition) is 3. The number of carbonyl (C=O) groups excluding carboxylic acids is 1. The molecule has 0 aliphatic carbocycles. The zero-order chi connectivity index (χ0) is 18.6. The van der Waals surface area contributed by atoms with Crippen molar-refractivity contribution >= 4 is 11.8 Å². The van der Waals surface area contributed by atoms with Crippen LogP contribution in [-0.2, 0) is 11.3 Å². The molecule has 1 fully saturated rings. The quantitative estimate of drug-likeness (QED) is 0.739. The van der Waals surface area contributed by atoms with Crippen molar-refractivity contribution in [2.75, 3.05) is 25.1 Å². The number of benzene rings is 1. The van der Waals surface area contributed by atoms with E-state index in [0.29, 0.717) is 31.3 Å². The minimum Gasteiger partial charge on any atom is -0.386 e. The second-order valence-electron chi connectivity index (χ2n) is 7.10. The van der Waals surface area contributed by atoms with Gasteiger partial charge in [-0.2, -0.15) is 5.10 Å². The van der Waals surface area contributed by atoms with E-state index in [1.54, 1.807) is 16.9 Å². The highest BCUT2D eigenvalue weighted by atomic mass is 16.5. The van der Waals surface area contributed by atoms with Gasteiger partial charge in [0.25, 0.3) is 0 Å². The van der Waals surface area contributed by atoms with Crippen molar-refractivity contribution in [1.82, 2.24) is 15.1 Å². The van der Waals surface area contributed by atoms with Crippen molar-refractivity contribution < 1.29 is 14.6 Å². The first-order valence-electron chi connectivity index (χ1n) is 8.91. The van der Waals surface area contributed by atoms with Gasteiger partial charge in [0.05, 0.1) is 25.9 Å². The molecule has 2 amide bonds. The topological polar surface area (TPSA) is 88.4 Å². The van der Waals surface area contributed by atoms with Crippen molar-refractivity contribution in [3.8, 4) is 0 Å². The fraction of sp³-hybridized carbons (Fsp3) is 0.474. The summed E-state index contributed by atoms with van der Waals surface area (Å²) < 4.78 is 6.90. The molecule has 0 saturated carbocycles. The zero-order valence-corrected chi connectivity index (χ0v) is 15.2. The van der Waals surface area contributed by atoms with E-state index in [0.717, 1.165) is 5.56 Å². The lowest BCUT2D eigenvalue weighted by Gasteiger charge is -2.20. The molecule has 0 spiro atoms. The van der Waals surface area contributed by atoms with Gasteiger partial charge in [0, 0.05) is 19.1 Å². The van der Waals surface area contributed by atoms with Crippen LogP contribution in [0.2, 0.25) is 0 Å². The van der Waals surface area contributed by atoms with Crippen LogP contribution in [-0.4, -0.2) is 46.3 Å². The van der Waals surface area contributed by atoms with Gasteiger partial charge < -0.3 is 15.2 Å². The molecule has 2 heterocycles. The number of nitrogens with one attached hydrogen (secondary N) is 2. The Hall–Kier alpha value is -2.38. The molecule has 26 heavy (non-hydrogen) atoms. The van der Waals surface area contributed by atoms with E-state index in [1.165, 1.54) is 5.56 Å². The third-order valence-electron chi connectivity index (χ3n) is 4.60. The third-order valence-corrected chi connectivity index (χ3v) is 4.60. The maximum atomic E-state index is 12.1. The fourth-order valence-corrected chi connectivity index (χ4v) is 2.89. The minimum atomic E-state index is -0.976. The van der Waals surface area contributed by atoms with Crippen LogP contribution in [0.5, 0.6) is 0 Å². The maximum absolute atomic E-state index is 12.1. The van der Waals surface area contributed by atoms with Gasteiger partial charge in [-0.05, 0) is 17.0 Å².